The van der Waals surface area contributed by atoms with E-state index in [4.69, 9.17) is 11.6 Å². The number of benzene rings is 1. The van der Waals surface area contributed by atoms with Crippen molar-refractivity contribution in [3.05, 3.63) is 23.2 Å². The zero-order valence-corrected chi connectivity index (χ0v) is 14.2. The monoisotopic (exact) mass is 345 g/mol. The van der Waals surface area contributed by atoms with E-state index in [0.29, 0.717) is 29.4 Å². The van der Waals surface area contributed by atoms with Crippen LogP contribution in [0.25, 0.3) is 0 Å². The van der Waals surface area contributed by atoms with Crippen LogP contribution in [-0.2, 0) is 10.0 Å². The summed E-state index contributed by atoms with van der Waals surface area (Å²) in [5.74, 6) is 0.121. The van der Waals surface area contributed by atoms with Gasteiger partial charge in [-0.3, -0.25) is 4.31 Å². The number of amides is 2. The summed E-state index contributed by atoms with van der Waals surface area (Å²) in [4.78, 5) is 11.8. The third-order valence-corrected chi connectivity index (χ3v) is 5.74. The van der Waals surface area contributed by atoms with E-state index >= 15 is 0 Å². The molecule has 0 spiro atoms. The number of hydrogen-bond donors (Lipinski definition) is 2. The summed E-state index contributed by atoms with van der Waals surface area (Å²) < 4.78 is 25.3. The van der Waals surface area contributed by atoms with E-state index in [-0.39, 0.29) is 17.8 Å². The number of anilines is 2. The van der Waals surface area contributed by atoms with Crippen LogP contribution in [0.4, 0.5) is 16.2 Å². The van der Waals surface area contributed by atoms with Gasteiger partial charge in [0.15, 0.2) is 0 Å². The minimum absolute atomic E-state index is 0.0609. The maximum Gasteiger partial charge on any atom is 0.319 e. The molecule has 1 aliphatic rings. The quantitative estimate of drug-likeness (QED) is 0.880. The van der Waals surface area contributed by atoms with Crippen LogP contribution in [0.1, 0.15) is 26.7 Å². The highest BCUT2D eigenvalue weighted by molar-refractivity contribution is 7.93. The normalized spacial score (nSPS) is 18.0. The Labute approximate surface area is 135 Å². The maximum atomic E-state index is 12.0. The van der Waals surface area contributed by atoms with Crippen LogP contribution in [0.3, 0.4) is 0 Å². The molecule has 1 saturated heterocycles. The summed E-state index contributed by atoms with van der Waals surface area (Å²) >= 11 is 6.11. The lowest BCUT2D eigenvalue weighted by Gasteiger charge is -2.19. The number of halogens is 1. The zero-order chi connectivity index (χ0) is 16.3. The van der Waals surface area contributed by atoms with Crippen LogP contribution in [0.2, 0.25) is 5.02 Å². The molecule has 0 radical (unpaired) electrons. The highest BCUT2D eigenvalue weighted by atomic mass is 35.5. The van der Waals surface area contributed by atoms with E-state index in [2.05, 4.69) is 10.6 Å². The van der Waals surface area contributed by atoms with Gasteiger partial charge in [-0.1, -0.05) is 18.5 Å². The molecule has 2 rings (SSSR count). The third-order valence-electron chi connectivity index (χ3n) is 3.56. The van der Waals surface area contributed by atoms with E-state index in [1.165, 1.54) is 4.31 Å². The molecular formula is C14H20ClN3O3S. The Morgan fingerprint density at radius 1 is 1.45 bits per heavy atom. The zero-order valence-electron chi connectivity index (χ0n) is 12.6. The van der Waals surface area contributed by atoms with E-state index in [1.807, 2.05) is 13.8 Å². The topological polar surface area (TPSA) is 78.5 Å². The summed E-state index contributed by atoms with van der Waals surface area (Å²) in [7, 11) is -3.31. The van der Waals surface area contributed by atoms with Crippen LogP contribution in [0.5, 0.6) is 0 Å². The van der Waals surface area contributed by atoms with E-state index in [9.17, 15) is 13.2 Å². The molecule has 0 bridgehead atoms. The first-order chi connectivity index (χ1) is 10.3. The second-order valence-corrected chi connectivity index (χ2v) is 7.74. The second-order valence-electron chi connectivity index (χ2n) is 5.32. The first-order valence-corrected chi connectivity index (χ1v) is 9.19. The largest absolute Gasteiger partial charge is 0.335 e. The lowest BCUT2D eigenvalue weighted by atomic mass is 10.2. The fourth-order valence-corrected chi connectivity index (χ4v) is 4.03. The van der Waals surface area contributed by atoms with Crippen molar-refractivity contribution in [3.8, 4) is 0 Å². The molecule has 8 heteroatoms. The smallest absolute Gasteiger partial charge is 0.319 e. The fraction of sp³-hybridized carbons (Fsp3) is 0.500. The highest BCUT2D eigenvalue weighted by Gasteiger charge is 2.30. The van der Waals surface area contributed by atoms with Crippen molar-refractivity contribution < 1.29 is 13.2 Å². The number of carbonyl (C=O) groups is 1. The van der Waals surface area contributed by atoms with Crippen molar-refractivity contribution in [3.63, 3.8) is 0 Å². The van der Waals surface area contributed by atoms with Crippen LogP contribution < -0.4 is 14.9 Å². The average molecular weight is 346 g/mol. The second kappa shape index (κ2) is 6.75. The van der Waals surface area contributed by atoms with Crippen molar-refractivity contribution in [2.75, 3.05) is 21.9 Å². The number of hydrogen-bond acceptors (Lipinski definition) is 3. The summed E-state index contributed by atoms with van der Waals surface area (Å²) in [5.41, 5.74) is 0.905. The molecular weight excluding hydrogens is 326 g/mol. The third kappa shape index (κ3) is 3.84. The van der Waals surface area contributed by atoms with Gasteiger partial charge in [-0.15, -0.1) is 0 Å². The van der Waals surface area contributed by atoms with Crippen LogP contribution >= 0.6 is 11.6 Å². The number of nitrogens with one attached hydrogen (secondary N) is 2. The molecule has 122 valence electrons. The molecule has 0 saturated carbocycles. The number of sulfonamides is 1. The van der Waals surface area contributed by atoms with Gasteiger partial charge in [0.1, 0.15) is 0 Å². The number of nitrogens with zero attached hydrogens (tertiary/aromatic N) is 1. The van der Waals surface area contributed by atoms with Gasteiger partial charge in [-0.2, -0.15) is 0 Å². The minimum Gasteiger partial charge on any atom is -0.335 e. The molecule has 1 fully saturated rings. The van der Waals surface area contributed by atoms with Gasteiger partial charge in [0.05, 0.1) is 16.5 Å². The standard InChI is InChI=1S/C14H20ClN3O3S/c1-3-10(2)16-14(19)17-11-5-6-12(15)13(9-11)18-7-4-8-22(18,20)21/h5-6,9-10H,3-4,7-8H2,1-2H3,(H2,16,17,19). The van der Waals surface area contributed by atoms with Gasteiger partial charge < -0.3 is 10.6 Å². The molecule has 1 aromatic carbocycles. The number of urea groups is 1. The van der Waals surface area contributed by atoms with Gasteiger partial charge in [0.25, 0.3) is 0 Å². The lowest BCUT2D eigenvalue weighted by Crippen LogP contribution is -2.35. The van der Waals surface area contributed by atoms with Gasteiger partial charge in [-0.05, 0) is 38.0 Å². The van der Waals surface area contributed by atoms with Crippen molar-refractivity contribution in [1.29, 1.82) is 0 Å². The number of carbonyl (C=O) groups excluding carboxylic acids is 1. The highest BCUT2D eigenvalue weighted by Crippen LogP contribution is 2.33. The van der Waals surface area contributed by atoms with Crippen molar-refractivity contribution >= 4 is 39.0 Å². The van der Waals surface area contributed by atoms with Crippen molar-refractivity contribution in [2.24, 2.45) is 0 Å². The van der Waals surface area contributed by atoms with Crippen LogP contribution in [0.15, 0.2) is 18.2 Å². The van der Waals surface area contributed by atoms with Crippen LogP contribution in [-0.4, -0.2) is 32.8 Å². The molecule has 2 amide bonds. The molecule has 2 N–H and O–H groups in total. The Morgan fingerprint density at radius 2 is 2.18 bits per heavy atom. The molecule has 1 heterocycles. The molecule has 1 aromatic rings. The molecule has 1 aliphatic heterocycles. The van der Waals surface area contributed by atoms with Crippen LogP contribution in [0, 0.1) is 0 Å². The lowest BCUT2D eigenvalue weighted by molar-refractivity contribution is 0.249. The summed E-state index contributed by atoms with van der Waals surface area (Å²) in [6.07, 6.45) is 1.40. The summed E-state index contributed by atoms with van der Waals surface area (Å²) in [6, 6.07) is 4.55. The Balaban J connectivity index is 2.19. The first kappa shape index (κ1) is 16.9. The van der Waals surface area contributed by atoms with Gasteiger partial charge >= 0.3 is 6.03 Å². The van der Waals surface area contributed by atoms with Crippen molar-refractivity contribution in [2.45, 2.75) is 32.7 Å². The number of rotatable bonds is 4. The Hall–Kier alpha value is -1.47. The predicted molar refractivity (Wildman–Crippen MR) is 89.1 cm³/mol. The van der Waals surface area contributed by atoms with Gasteiger partial charge in [0.2, 0.25) is 10.0 Å². The fourth-order valence-electron chi connectivity index (χ4n) is 2.18. The van der Waals surface area contributed by atoms with Crippen molar-refractivity contribution in [1.82, 2.24) is 5.32 Å². The van der Waals surface area contributed by atoms with Gasteiger partial charge in [-0.25, -0.2) is 13.2 Å². The molecule has 6 nitrogen and oxygen atoms in total. The first-order valence-electron chi connectivity index (χ1n) is 7.21. The Bertz CT molecular complexity index is 663. The minimum atomic E-state index is -3.31. The SMILES string of the molecule is CCC(C)NC(=O)Nc1ccc(Cl)c(N2CCCS2(=O)=O)c1. The molecule has 1 atom stereocenters. The Kier molecular flexibility index (Phi) is 5.18. The molecule has 22 heavy (non-hydrogen) atoms. The molecule has 0 aromatic heterocycles. The summed E-state index contributed by atoms with van der Waals surface area (Å²) in [5, 5.41) is 5.82. The van der Waals surface area contributed by atoms with E-state index in [0.717, 1.165) is 6.42 Å². The van der Waals surface area contributed by atoms with Gasteiger partial charge in [0, 0.05) is 18.3 Å². The summed E-state index contributed by atoms with van der Waals surface area (Å²) in [6.45, 7) is 4.29. The molecule has 0 aliphatic carbocycles. The predicted octanol–water partition coefficient (Wildman–Crippen LogP) is 2.80. The molecule has 1 unspecified atom stereocenters. The maximum absolute atomic E-state index is 12.0. The van der Waals surface area contributed by atoms with E-state index in [1.54, 1.807) is 18.2 Å². The average Bonchev–Trinajstić information content (AvgIpc) is 2.80. The Morgan fingerprint density at radius 3 is 2.77 bits per heavy atom. The van der Waals surface area contributed by atoms with E-state index < -0.39 is 10.0 Å².